The molecule has 0 radical (unpaired) electrons. The molecule has 1 saturated heterocycles. The minimum atomic E-state index is -0.464. The summed E-state index contributed by atoms with van der Waals surface area (Å²) in [6.45, 7) is 3.74. The van der Waals surface area contributed by atoms with Gasteiger partial charge < -0.3 is 21.5 Å². The van der Waals surface area contributed by atoms with E-state index in [1.165, 1.54) is 0 Å². The molecule has 5 nitrogen and oxygen atoms in total. The number of hydrogen-bond acceptors (Lipinski definition) is 4. The van der Waals surface area contributed by atoms with Gasteiger partial charge in [-0.2, -0.15) is 0 Å². The number of nitrogens with one attached hydrogen (secondary N) is 1. The molecule has 0 aromatic heterocycles. The van der Waals surface area contributed by atoms with E-state index in [2.05, 4.69) is 12.2 Å². The van der Waals surface area contributed by atoms with Crippen LogP contribution in [0.4, 0.5) is 11.4 Å². The third-order valence-electron chi connectivity index (χ3n) is 3.67. The van der Waals surface area contributed by atoms with E-state index in [9.17, 15) is 4.79 Å². The first-order valence-corrected chi connectivity index (χ1v) is 6.61. The lowest BCUT2D eigenvalue weighted by atomic mass is 9.92. The van der Waals surface area contributed by atoms with E-state index in [1.54, 1.807) is 12.1 Å². The van der Waals surface area contributed by atoms with Gasteiger partial charge in [0.15, 0.2) is 0 Å². The van der Waals surface area contributed by atoms with Gasteiger partial charge in [0.2, 0.25) is 0 Å². The molecule has 104 valence electrons. The first-order chi connectivity index (χ1) is 9.08. The topological polar surface area (TPSA) is 90.4 Å². The van der Waals surface area contributed by atoms with Gasteiger partial charge in [-0.3, -0.25) is 4.79 Å². The SMILES string of the molecule is CC(Nc1ccc(N)cc1C(N)=O)C1CCOCC1. The first-order valence-electron chi connectivity index (χ1n) is 6.61. The molecule has 5 heteroatoms. The summed E-state index contributed by atoms with van der Waals surface area (Å²) in [5.74, 6) is 0.0843. The van der Waals surface area contributed by atoms with Gasteiger partial charge in [0.05, 0.1) is 5.56 Å². The average molecular weight is 263 g/mol. The highest BCUT2D eigenvalue weighted by molar-refractivity contribution is 5.99. The highest BCUT2D eigenvalue weighted by Crippen LogP contribution is 2.24. The van der Waals surface area contributed by atoms with Crippen LogP contribution in [0.25, 0.3) is 0 Å². The van der Waals surface area contributed by atoms with Gasteiger partial charge in [-0.05, 0) is 43.9 Å². The van der Waals surface area contributed by atoms with Gasteiger partial charge in [0.1, 0.15) is 0 Å². The van der Waals surface area contributed by atoms with Gasteiger partial charge in [0, 0.05) is 30.6 Å². The number of hydrogen-bond donors (Lipinski definition) is 3. The van der Waals surface area contributed by atoms with Crippen molar-refractivity contribution >= 4 is 17.3 Å². The van der Waals surface area contributed by atoms with Crippen molar-refractivity contribution in [2.24, 2.45) is 11.7 Å². The lowest BCUT2D eigenvalue weighted by Gasteiger charge is -2.29. The van der Waals surface area contributed by atoms with Crippen LogP contribution in [0.3, 0.4) is 0 Å². The number of rotatable bonds is 4. The molecule has 1 aliphatic rings. The van der Waals surface area contributed by atoms with E-state index in [4.69, 9.17) is 16.2 Å². The van der Waals surface area contributed by atoms with Crippen LogP contribution in [0.5, 0.6) is 0 Å². The number of anilines is 2. The van der Waals surface area contributed by atoms with E-state index >= 15 is 0 Å². The standard InChI is InChI=1S/C14H21N3O2/c1-9(10-4-6-19-7-5-10)17-13-3-2-11(15)8-12(13)14(16)18/h2-3,8-10,17H,4-7,15H2,1H3,(H2,16,18). The summed E-state index contributed by atoms with van der Waals surface area (Å²) >= 11 is 0. The van der Waals surface area contributed by atoms with Gasteiger partial charge in [-0.15, -0.1) is 0 Å². The highest BCUT2D eigenvalue weighted by Gasteiger charge is 2.21. The van der Waals surface area contributed by atoms with Crippen molar-refractivity contribution in [1.29, 1.82) is 0 Å². The summed E-state index contributed by atoms with van der Waals surface area (Å²) in [5.41, 5.74) is 12.8. The Labute approximate surface area is 113 Å². The lowest BCUT2D eigenvalue weighted by Crippen LogP contribution is -2.31. The first kappa shape index (κ1) is 13.7. The molecule has 0 spiro atoms. The molecule has 1 fully saturated rings. The number of carbonyl (C=O) groups is 1. The van der Waals surface area contributed by atoms with Crippen molar-refractivity contribution < 1.29 is 9.53 Å². The smallest absolute Gasteiger partial charge is 0.250 e. The Bertz CT molecular complexity index is 456. The number of nitrogens with two attached hydrogens (primary N) is 2. The van der Waals surface area contributed by atoms with Crippen molar-refractivity contribution in [3.63, 3.8) is 0 Å². The number of ether oxygens (including phenoxy) is 1. The molecule has 1 atom stereocenters. The highest BCUT2D eigenvalue weighted by atomic mass is 16.5. The largest absolute Gasteiger partial charge is 0.399 e. The van der Waals surface area contributed by atoms with E-state index in [1.807, 2.05) is 6.07 Å². The molecule has 19 heavy (non-hydrogen) atoms. The van der Waals surface area contributed by atoms with Crippen molar-refractivity contribution in [3.05, 3.63) is 23.8 Å². The van der Waals surface area contributed by atoms with Crippen molar-refractivity contribution in [1.82, 2.24) is 0 Å². The van der Waals surface area contributed by atoms with Crippen LogP contribution in [-0.4, -0.2) is 25.2 Å². The van der Waals surface area contributed by atoms with Gasteiger partial charge in [-0.1, -0.05) is 0 Å². The van der Waals surface area contributed by atoms with Crippen LogP contribution in [0.2, 0.25) is 0 Å². The molecular weight excluding hydrogens is 242 g/mol. The zero-order chi connectivity index (χ0) is 13.8. The fraction of sp³-hybridized carbons (Fsp3) is 0.500. The van der Waals surface area contributed by atoms with Crippen molar-refractivity contribution in [2.75, 3.05) is 24.3 Å². The van der Waals surface area contributed by atoms with Crippen LogP contribution in [0.15, 0.2) is 18.2 Å². The maximum absolute atomic E-state index is 11.4. The van der Waals surface area contributed by atoms with Crippen LogP contribution in [-0.2, 0) is 4.74 Å². The second-order valence-electron chi connectivity index (χ2n) is 5.05. The summed E-state index contributed by atoms with van der Waals surface area (Å²) in [5, 5.41) is 3.38. The van der Waals surface area contributed by atoms with E-state index in [0.717, 1.165) is 31.7 Å². The van der Waals surface area contributed by atoms with E-state index in [0.29, 0.717) is 17.2 Å². The van der Waals surface area contributed by atoms with Crippen LogP contribution < -0.4 is 16.8 Å². The zero-order valence-electron chi connectivity index (χ0n) is 11.2. The fourth-order valence-electron chi connectivity index (χ4n) is 2.47. The average Bonchev–Trinajstić information content (AvgIpc) is 2.41. The van der Waals surface area contributed by atoms with Crippen molar-refractivity contribution in [3.8, 4) is 0 Å². The molecular formula is C14H21N3O2. The second-order valence-corrected chi connectivity index (χ2v) is 5.05. The molecule has 5 N–H and O–H groups in total. The Morgan fingerprint density at radius 2 is 2.11 bits per heavy atom. The maximum atomic E-state index is 11.4. The van der Waals surface area contributed by atoms with Crippen LogP contribution in [0.1, 0.15) is 30.1 Å². The molecule has 1 heterocycles. The Hall–Kier alpha value is -1.75. The molecule has 2 rings (SSSR count). The molecule has 0 saturated carbocycles. The number of nitrogen functional groups attached to an aromatic ring is 1. The molecule has 1 aromatic rings. The Morgan fingerprint density at radius 1 is 1.42 bits per heavy atom. The number of amides is 1. The Kier molecular flexibility index (Phi) is 4.27. The quantitative estimate of drug-likeness (QED) is 0.720. The minimum Gasteiger partial charge on any atom is -0.399 e. The van der Waals surface area contributed by atoms with E-state index < -0.39 is 5.91 Å². The van der Waals surface area contributed by atoms with Gasteiger partial charge in [0.25, 0.3) is 5.91 Å². The van der Waals surface area contributed by atoms with Gasteiger partial charge in [-0.25, -0.2) is 0 Å². The summed E-state index contributed by atoms with van der Waals surface area (Å²) in [6.07, 6.45) is 2.07. The predicted octanol–water partition coefficient (Wildman–Crippen LogP) is 1.59. The van der Waals surface area contributed by atoms with E-state index in [-0.39, 0.29) is 6.04 Å². The van der Waals surface area contributed by atoms with Gasteiger partial charge >= 0.3 is 0 Å². The Morgan fingerprint density at radius 3 is 2.74 bits per heavy atom. The minimum absolute atomic E-state index is 0.269. The van der Waals surface area contributed by atoms with Crippen molar-refractivity contribution in [2.45, 2.75) is 25.8 Å². The zero-order valence-corrected chi connectivity index (χ0v) is 11.2. The lowest BCUT2D eigenvalue weighted by molar-refractivity contribution is 0.0622. The molecule has 1 aliphatic heterocycles. The summed E-state index contributed by atoms with van der Waals surface area (Å²) in [6, 6.07) is 5.46. The molecule has 1 unspecified atom stereocenters. The number of carbonyl (C=O) groups excluding carboxylic acids is 1. The number of benzene rings is 1. The molecule has 0 aliphatic carbocycles. The normalized spacial score (nSPS) is 17.9. The molecule has 1 amide bonds. The third kappa shape index (κ3) is 3.38. The summed E-state index contributed by atoms with van der Waals surface area (Å²) < 4.78 is 5.36. The predicted molar refractivity (Wildman–Crippen MR) is 76.0 cm³/mol. The number of primary amides is 1. The molecule has 0 bridgehead atoms. The second kappa shape index (κ2) is 5.93. The fourth-order valence-corrected chi connectivity index (χ4v) is 2.47. The maximum Gasteiger partial charge on any atom is 0.250 e. The summed E-state index contributed by atoms with van der Waals surface area (Å²) in [7, 11) is 0. The third-order valence-corrected chi connectivity index (χ3v) is 3.67. The molecule has 1 aromatic carbocycles. The van der Waals surface area contributed by atoms with Crippen LogP contribution in [0, 0.1) is 5.92 Å². The Balaban J connectivity index is 2.11. The summed E-state index contributed by atoms with van der Waals surface area (Å²) in [4.78, 5) is 11.4. The van der Waals surface area contributed by atoms with Crippen LogP contribution >= 0.6 is 0 Å². The monoisotopic (exact) mass is 263 g/mol.